The normalized spacial score (nSPS) is 13.8. The number of nitrogens with zero attached hydrogens (tertiary/aromatic N) is 1. The van der Waals surface area contributed by atoms with Gasteiger partial charge >= 0.3 is 0 Å². The first-order chi connectivity index (χ1) is 7.38. The smallest absolute Gasteiger partial charge is 0.0246 e. The van der Waals surface area contributed by atoms with Crippen LogP contribution in [-0.4, -0.2) is 36.6 Å². The third kappa shape index (κ3) is 6.29. The van der Waals surface area contributed by atoms with Gasteiger partial charge < -0.3 is 5.32 Å². The summed E-state index contributed by atoms with van der Waals surface area (Å²) in [4.78, 5) is 2.52. The van der Waals surface area contributed by atoms with Crippen molar-refractivity contribution < 1.29 is 0 Å². The molecule has 1 atom stereocenters. The van der Waals surface area contributed by atoms with Crippen molar-refractivity contribution in [3.05, 3.63) is 12.2 Å². The van der Waals surface area contributed by atoms with Gasteiger partial charge in [-0.15, -0.1) is 0 Å². The van der Waals surface area contributed by atoms with E-state index < -0.39 is 0 Å². The summed E-state index contributed by atoms with van der Waals surface area (Å²) < 4.78 is 0. The molecule has 0 rings (SSSR count). The highest BCUT2D eigenvalue weighted by atomic mass is 15.2. The molecule has 0 amide bonds. The Kier molecular flexibility index (Phi) is 7.69. The number of likely N-dealkylation sites (N-methyl/N-ethyl adjacent to an activating group) is 1. The van der Waals surface area contributed by atoms with E-state index in [9.17, 15) is 0 Å². The molecule has 0 radical (unpaired) electrons. The third-order valence-electron chi connectivity index (χ3n) is 2.85. The molecule has 0 bridgehead atoms. The van der Waals surface area contributed by atoms with Gasteiger partial charge in [0.1, 0.15) is 0 Å². The average Bonchev–Trinajstić information content (AvgIpc) is 2.14. The van der Waals surface area contributed by atoms with E-state index in [4.69, 9.17) is 0 Å². The summed E-state index contributed by atoms with van der Waals surface area (Å²) in [5.74, 6) is 0.672. The minimum Gasteiger partial charge on any atom is -0.313 e. The molecule has 1 N–H and O–H groups in total. The highest BCUT2D eigenvalue weighted by molar-refractivity contribution is 4.94. The Morgan fingerprint density at radius 3 is 2.12 bits per heavy atom. The quantitative estimate of drug-likeness (QED) is 0.640. The fourth-order valence-electron chi connectivity index (χ4n) is 1.95. The summed E-state index contributed by atoms with van der Waals surface area (Å²) in [6.07, 6.45) is 0. The molecule has 0 saturated heterocycles. The Hall–Kier alpha value is -0.340. The highest BCUT2D eigenvalue weighted by Gasteiger charge is 2.20. The van der Waals surface area contributed by atoms with Gasteiger partial charge in [-0.3, -0.25) is 4.90 Å². The van der Waals surface area contributed by atoms with Gasteiger partial charge in [-0.05, 0) is 19.4 Å². The summed E-state index contributed by atoms with van der Waals surface area (Å²) in [5, 5.41) is 3.54. The number of nitrogens with one attached hydrogen (secondary N) is 1. The number of hydrogen-bond acceptors (Lipinski definition) is 2. The van der Waals surface area contributed by atoms with Crippen LogP contribution < -0.4 is 5.32 Å². The lowest BCUT2D eigenvalue weighted by atomic mass is 10.0. The van der Waals surface area contributed by atoms with Crippen LogP contribution in [0.1, 0.15) is 41.5 Å². The lowest BCUT2D eigenvalue weighted by Gasteiger charge is -2.34. The molecule has 0 spiro atoms. The fraction of sp³-hybridized carbons (Fsp3) is 0.857. The van der Waals surface area contributed by atoms with Crippen LogP contribution in [0, 0.1) is 5.92 Å². The van der Waals surface area contributed by atoms with Crippen molar-refractivity contribution in [3.63, 3.8) is 0 Å². The molecule has 2 nitrogen and oxygen atoms in total. The summed E-state index contributed by atoms with van der Waals surface area (Å²) in [6.45, 7) is 20.5. The molecular formula is C14H30N2. The molecule has 2 heteroatoms. The molecule has 0 aliphatic heterocycles. The van der Waals surface area contributed by atoms with Gasteiger partial charge in [0, 0.05) is 25.2 Å². The fourth-order valence-corrected chi connectivity index (χ4v) is 1.95. The molecule has 0 aromatic heterocycles. The van der Waals surface area contributed by atoms with Crippen LogP contribution in [0.25, 0.3) is 0 Å². The zero-order valence-electron chi connectivity index (χ0n) is 12.0. The van der Waals surface area contributed by atoms with E-state index in [1.54, 1.807) is 0 Å². The predicted molar refractivity (Wildman–Crippen MR) is 73.8 cm³/mol. The van der Waals surface area contributed by atoms with Gasteiger partial charge in [-0.2, -0.15) is 0 Å². The van der Waals surface area contributed by atoms with Gasteiger partial charge in [-0.25, -0.2) is 0 Å². The summed E-state index contributed by atoms with van der Waals surface area (Å²) in [6, 6.07) is 1.16. The highest BCUT2D eigenvalue weighted by Crippen LogP contribution is 2.11. The van der Waals surface area contributed by atoms with Crippen molar-refractivity contribution in [1.29, 1.82) is 0 Å². The molecule has 16 heavy (non-hydrogen) atoms. The summed E-state index contributed by atoms with van der Waals surface area (Å²) >= 11 is 0. The van der Waals surface area contributed by atoms with Gasteiger partial charge in [-0.1, -0.05) is 46.8 Å². The van der Waals surface area contributed by atoms with Crippen LogP contribution in [0.2, 0.25) is 0 Å². The second-order valence-electron chi connectivity index (χ2n) is 5.39. The van der Waals surface area contributed by atoms with Crippen molar-refractivity contribution in [3.8, 4) is 0 Å². The van der Waals surface area contributed by atoms with E-state index in [-0.39, 0.29) is 0 Å². The first-order valence-electron chi connectivity index (χ1n) is 6.50. The Bertz CT molecular complexity index is 197. The van der Waals surface area contributed by atoms with Crippen LogP contribution >= 0.6 is 0 Å². The lowest BCUT2D eigenvalue weighted by molar-refractivity contribution is 0.169. The molecule has 0 aromatic rings. The summed E-state index contributed by atoms with van der Waals surface area (Å²) in [7, 11) is 0. The molecule has 0 fully saturated rings. The maximum atomic E-state index is 4.02. The summed E-state index contributed by atoms with van der Waals surface area (Å²) in [5.41, 5.74) is 1.25. The van der Waals surface area contributed by atoms with E-state index in [0.717, 1.165) is 19.6 Å². The largest absolute Gasteiger partial charge is 0.313 e. The maximum Gasteiger partial charge on any atom is 0.0246 e. The molecule has 0 aliphatic carbocycles. The van der Waals surface area contributed by atoms with Gasteiger partial charge in [0.2, 0.25) is 0 Å². The first-order valence-corrected chi connectivity index (χ1v) is 6.50. The Morgan fingerprint density at radius 1 is 1.25 bits per heavy atom. The standard InChI is InChI=1S/C14H30N2/c1-8-16(10-11(2)3)14(12(4)5)9-15-13(6)7/h12-15H,2,8-10H2,1,3-7H3. The van der Waals surface area contributed by atoms with Crippen LogP contribution in [-0.2, 0) is 0 Å². The molecule has 1 unspecified atom stereocenters. The second kappa shape index (κ2) is 7.86. The number of hydrogen-bond donors (Lipinski definition) is 1. The van der Waals surface area contributed by atoms with Crippen LogP contribution in [0.3, 0.4) is 0 Å². The van der Waals surface area contributed by atoms with E-state index >= 15 is 0 Å². The lowest BCUT2D eigenvalue weighted by Crippen LogP contribution is -2.47. The monoisotopic (exact) mass is 226 g/mol. The molecule has 0 saturated carbocycles. The van der Waals surface area contributed by atoms with E-state index in [1.165, 1.54) is 5.57 Å². The van der Waals surface area contributed by atoms with E-state index in [0.29, 0.717) is 18.0 Å². The molecule has 0 heterocycles. The molecule has 0 aromatic carbocycles. The average molecular weight is 226 g/mol. The molecule has 96 valence electrons. The van der Waals surface area contributed by atoms with Gasteiger partial charge in [0.25, 0.3) is 0 Å². The minimum absolute atomic E-state index is 0.560. The minimum atomic E-state index is 0.560. The predicted octanol–water partition coefficient (Wildman–Crippen LogP) is 2.91. The van der Waals surface area contributed by atoms with Crippen molar-refractivity contribution in [2.45, 2.75) is 53.6 Å². The molecule has 0 aliphatic rings. The zero-order chi connectivity index (χ0) is 12.7. The van der Waals surface area contributed by atoms with Crippen molar-refractivity contribution in [1.82, 2.24) is 10.2 Å². The topological polar surface area (TPSA) is 15.3 Å². The van der Waals surface area contributed by atoms with Gasteiger partial charge in [0.15, 0.2) is 0 Å². The van der Waals surface area contributed by atoms with Gasteiger partial charge in [0.05, 0.1) is 0 Å². The Labute approximate surface area is 102 Å². The number of rotatable bonds is 8. The van der Waals surface area contributed by atoms with Crippen LogP contribution in [0.4, 0.5) is 0 Å². The Morgan fingerprint density at radius 2 is 1.81 bits per heavy atom. The second-order valence-corrected chi connectivity index (χ2v) is 5.39. The SMILES string of the molecule is C=C(C)CN(CC)C(CNC(C)C)C(C)C. The van der Waals surface area contributed by atoms with Crippen molar-refractivity contribution >= 4 is 0 Å². The van der Waals surface area contributed by atoms with Crippen molar-refractivity contribution in [2.24, 2.45) is 5.92 Å². The molecular weight excluding hydrogens is 196 g/mol. The van der Waals surface area contributed by atoms with Crippen LogP contribution in [0.5, 0.6) is 0 Å². The first kappa shape index (κ1) is 15.7. The van der Waals surface area contributed by atoms with Crippen molar-refractivity contribution in [2.75, 3.05) is 19.6 Å². The maximum absolute atomic E-state index is 4.02. The zero-order valence-corrected chi connectivity index (χ0v) is 12.0. The van der Waals surface area contributed by atoms with E-state index in [1.807, 2.05) is 0 Å². The third-order valence-corrected chi connectivity index (χ3v) is 2.85. The Balaban J connectivity index is 4.40. The van der Waals surface area contributed by atoms with Crippen LogP contribution in [0.15, 0.2) is 12.2 Å². The van der Waals surface area contributed by atoms with E-state index in [2.05, 4.69) is 58.3 Å².